The van der Waals surface area contributed by atoms with Crippen LogP contribution in [0.2, 0.25) is 0 Å². The quantitative estimate of drug-likeness (QED) is 0.633. The Morgan fingerprint density at radius 1 is 1.37 bits per heavy atom. The molecule has 104 valence electrons. The van der Waals surface area contributed by atoms with Gasteiger partial charge in [0.2, 0.25) is 10.0 Å². The molecule has 0 saturated carbocycles. The fraction of sp³-hybridized carbons (Fsp3) is 0.429. The fourth-order valence-electron chi connectivity index (χ4n) is 1.57. The Balaban J connectivity index is 3.11. The average Bonchev–Trinajstić information content (AvgIpc) is 2.36. The molecule has 0 bridgehead atoms. The molecule has 0 amide bonds. The van der Waals surface area contributed by atoms with Crippen molar-refractivity contribution < 1.29 is 13.5 Å². The Hall–Kier alpha value is -1.35. The van der Waals surface area contributed by atoms with E-state index in [2.05, 4.69) is 16.6 Å². The topological polar surface area (TPSA) is 66.4 Å². The van der Waals surface area contributed by atoms with Crippen molar-refractivity contribution in [2.45, 2.75) is 31.6 Å². The van der Waals surface area contributed by atoms with Gasteiger partial charge in [0.25, 0.3) is 0 Å². The average molecular weight is 281 g/mol. The molecular weight excluding hydrogens is 262 g/mol. The maximum atomic E-state index is 12.2. The van der Waals surface area contributed by atoms with Gasteiger partial charge in [-0.3, -0.25) is 0 Å². The second kappa shape index (κ2) is 7.29. The van der Waals surface area contributed by atoms with Crippen molar-refractivity contribution in [3.8, 4) is 11.8 Å². The van der Waals surface area contributed by atoms with Crippen LogP contribution in [-0.4, -0.2) is 26.7 Å². The monoisotopic (exact) mass is 281 g/mol. The number of aliphatic hydroxyl groups is 1. The smallest absolute Gasteiger partial charge is 0.241 e. The first-order valence-corrected chi connectivity index (χ1v) is 7.69. The second-order valence-electron chi connectivity index (χ2n) is 4.21. The van der Waals surface area contributed by atoms with E-state index >= 15 is 0 Å². The van der Waals surface area contributed by atoms with Crippen molar-refractivity contribution in [1.29, 1.82) is 0 Å². The molecule has 1 rings (SSSR count). The summed E-state index contributed by atoms with van der Waals surface area (Å²) in [6, 6.07) is 4.99. The molecule has 0 saturated heterocycles. The first-order chi connectivity index (χ1) is 9.01. The van der Waals surface area contributed by atoms with Crippen molar-refractivity contribution in [1.82, 2.24) is 4.72 Å². The van der Waals surface area contributed by atoms with Gasteiger partial charge in [-0.2, -0.15) is 0 Å². The Kier molecular flexibility index (Phi) is 6.03. The molecule has 0 spiro atoms. The van der Waals surface area contributed by atoms with Crippen LogP contribution in [0.25, 0.3) is 0 Å². The van der Waals surface area contributed by atoms with Gasteiger partial charge in [0.15, 0.2) is 0 Å². The molecule has 0 aliphatic heterocycles. The zero-order chi connectivity index (χ0) is 14.3. The summed E-state index contributed by atoms with van der Waals surface area (Å²) in [7, 11) is -3.54. The fourth-order valence-corrected chi connectivity index (χ4v) is 2.79. The van der Waals surface area contributed by atoms with Crippen LogP contribution in [0, 0.1) is 18.8 Å². The minimum atomic E-state index is -3.54. The van der Waals surface area contributed by atoms with Crippen LogP contribution in [-0.2, 0) is 10.0 Å². The van der Waals surface area contributed by atoms with Crippen molar-refractivity contribution in [2.75, 3.05) is 13.2 Å². The van der Waals surface area contributed by atoms with E-state index in [4.69, 9.17) is 5.11 Å². The van der Waals surface area contributed by atoms with Crippen molar-refractivity contribution >= 4 is 10.0 Å². The largest absolute Gasteiger partial charge is 0.384 e. The van der Waals surface area contributed by atoms with Crippen LogP contribution in [0.5, 0.6) is 0 Å². The molecule has 1 aromatic carbocycles. The summed E-state index contributed by atoms with van der Waals surface area (Å²) in [5, 5.41) is 8.73. The van der Waals surface area contributed by atoms with Gasteiger partial charge in [-0.15, -0.1) is 0 Å². The molecule has 1 aromatic rings. The number of rotatable bonds is 5. The summed E-state index contributed by atoms with van der Waals surface area (Å²) >= 11 is 0. The summed E-state index contributed by atoms with van der Waals surface area (Å²) in [6.45, 7) is 3.99. The molecule has 0 radical (unpaired) electrons. The highest BCUT2D eigenvalue weighted by Gasteiger charge is 2.17. The summed E-state index contributed by atoms with van der Waals surface area (Å²) in [5.74, 6) is 5.17. The summed E-state index contributed by atoms with van der Waals surface area (Å²) < 4.78 is 26.9. The number of aliphatic hydroxyl groups excluding tert-OH is 1. The Morgan fingerprint density at radius 2 is 2.11 bits per heavy atom. The van der Waals surface area contributed by atoms with Crippen LogP contribution < -0.4 is 4.72 Å². The van der Waals surface area contributed by atoms with Crippen molar-refractivity contribution in [3.63, 3.8) is 0 Å². The Morgan fingerprint density at radius 3 is 2.74 bits per heavy atom. The molecule has 4 nitrogen and oxygen atoms in total. The highest BCUT2D eigenvalue weighted by molar-refractivity contribution is 7.89. The molecule has 2 N–H and O–H groups in total. The molecule has 0 unspecified atom stereocenters. The van der Waals surface area contributed by atoms with Crippen LogP contribution in [0.15, 0.2) is 23.1 Å². The Labute approximate surface area is 114 Å². The zero-order valence-corrected chi connectivity index (χ0v) is 12.0. The first-order valence-electron chi connectivity index (χ1n) is 6.21. The molecule has 0 aliphatic rings. The number of benzene rings is 1. The summed E-state index contributed by atoms with van der Waals surface area (Å²) in [6.07, 6.45) is 1.72. The third kappa shape index (κ3) is 4.67. The second-order valence-corrected chi connectivity index (χ2v) is 5.95. The maximum absolute atomic E-state index is 12.2. The van der Waals surface area contributed by atoms with E-state index < -0.39 is 10.0 Å². The number of hydrogen-bond donors (Lipinski definition) is 2. The standard InChI is InChI=1S/C14H19NO3S/c1-3-4-9-15-19(17,18)14-8-7-12(2)11-13(14)6-5-10-16/h7-8,11,15-16H,3-4,9-10H2,1-2H3. The molecular formula is C14H19NO3S. The molecule has 0 heterocycles. The van der Waals surface area contributed by atoms with Crippen LogP contribution in [0.3, 0.4) is 0 Å². The molecule has 5 heteroatoms. The van der Waals surface area contributed by atoms with Crippen molar-refractivity contribution in [3.05, 3.63) is 29.3 Å². The maximum Gasteiger partial charge on any atom is 0.241 e. The zero-order valence-electron chi connectivity index (χ0n) is 11.2. The number of aryl methyl sites for hydroxylation is 1. The molecule has 19 heavy (non-hydrogen) atoms. The van der Waals surface area contributed by atoms with Crippen LogP contribution in [0.4, 0.5) is 0 Å². The van der Waals surface area contributed by atoms with E-state index in [-0.39, 0.29) is 11.5 Å². The van der Waals surface area contributed by atoms with Crippen LogP contribution in [0.1, 0.15) is 30.9 Å². The highest BCUT2D eigenvalue weighted by Crippen LogP contribution is 2.16. The normalized spacial score (nSPS) is 10.9. The summed E-state index contributed by atoms with van der Waals surface area (Å²) in [4.78, 5) is 0.162. The van der Waals surface area contributed by atoms with Gasteiger partial charge in [-0.25, -0.2) is 13.1 Å². The van der Waals surface area contributed by atoms with E-state index in [1.54, 1.807) is 18.2 Å². The lowest BCUT2D eigenvalue weighted by Crippen LogP contribution is -2.25. The van der Waals surface area contributed by atoms with Gasteiger partial charge in [0.1, 0.15) is 6.61 Å². The molecule has 0 fully saturated rings. The molecule has 0 aliphatic carbocycles. The Bertz CT molecular complexity index is 582. The number of nitrogens with one attached hydrogen (secondary N) is 1. The minimum Gasteiger partial charge on any atom is -0.384 e. The van der Waals surface area contributed by atoms with E-state index in [9.17, 15) is 8.42 Å². The van der Waals surface area contributed by atoms with Gasteiger partial charge in [0.05, 0.1) is 4.90 Å². The van der Waals surface area contributed by atoms with Gasteiger partial charge in [-0.1, -0.05) is 31.3 Å². The lowest BCUT2D eigenvalue weighted by molar-refractivity contribution is 0.350. The third-order valence-corrected chi connectivity index (χ3v) is 4.07. The van der Waals surface area contributed by atoms with Gasteiger partial charge in [0, 0.05) is 12.1 Å². The van der Waals surface area contributed by atoms with Crippen LogP contribution >= 0.6 is 0 Å². The van der Waals surface area contributed by atoms with Crippen molar-refractivity contribution in [2.24, 2.45) is 0 Å². The SMILES string of the molecule is CCCCNS(=O)(=O)c1ccc(C)cc1C#CCO. The first kappa shape index (κ1) is 15.7. The lowest BCUT2D eigenvalue weighted by Gasteiger charge is -2.09. The van der Waals surface area contributed by atoms with E-state index in [0.717, 1.165) is 18.4 Å². The minimum absolute atomic E-state index is 0.162. The van der Waals surface area contributed by atoms with Gasteiger partial charge >= 0.3 is 0 Å². The predicted octanol–water partition coefficient (Wildman–Crippen LogP) is 1.42. The summed E-state index contributed by atoms with van der Waals surface area (Å²) in [5.41, 5.74) is 1.34. The number of sulfonamides is 1. The lowest BCUT2D eigenvalue weighted by atomic mass is 10.1. The van der Waals surface area contributed by atoms with Gasteiger partial charge < -0.3 is 5.11 Å². The van der Waals surface area contributed by atoms with E-state index in [1.165, 1.54) is 0 Å². The van der Waals surface area contributed by atoms with Gasteiger partial charge in [-0.05, 0) is 31.0 Å². The third-order valence-electron chi connectivity index (χ3n) is 2.55. The predicted molar refractivity (Wildman–Crippen MR) is 75.2 cm³/mol. The van der Waals surface area contributed by atoms with E-state index in [0.29, 0.717) is 12.1 Å². The molecule has 0 atom stereocenters. The van der Waals surface area contributed by atoms with E-state index in [1.807, 2.05) is 13.8 Å². The highest BCUT2D eigenvalue weighted by atomic mass is 32.2. The number of unbranched alkanes of at least 4 members (excludes halogenated alkanes) is 1. The number of hydrogen-bond acceptors (Lipinski definition) is 3. The molecule has 0 aromatic heterocycles.